The number of benzene rings is 2. The number of hydrogen-bond donors (Lipinski definition) is 0. The highest BCUT2D eigenvalue weighted by Gasteiger charge is 2.04. The van der Waals surface area contributed by atoms with Crippen LogP contribution in [-0.2, 0) is 6.54 Å². The third-order valence-electron chi connectivity index (χ3n) is 2.76. The smallest absolute Gasteiger partial charge is 0.162 e. The fourth-order valence-electron chi connectivity index (χ4n) is 1.93. The minimum atomic E-state index is 0.851. The standard InChI is InChI=1S/C14H11NS2/c16-14-15(10-11-6-2-1-3-7-11)12-8-4-5-9-13(12)17-14/h1-9H,10H2. The van der Waals surface area contributed by atoms with Crippen LogP contribution in [-0.4, -0.2) is 4.57 Å². The van der Waals surface area contributed by atoms with E-state index in [0.717, 1.165) is 10.5 Å². The maximum Gasteiger partial charge on any atom is 0.162 e. The van der Waals surface area contributed by atoms with Gasteiger partial charge in [0.05, 0.1) is 10.2 Å². The lowest BCUT2D eigenvalue weighted by Crippen LogP contribution is -1.98. The summed E-state index contributed by atoms with van der Waals surface area (Å²) in [6.45, 7) is 0.851. The van der Waals surface area contributed by atoms with Gasteiger partial charge < -0.3 is 4.57 Å². The number of thiazole rings is 1. The molecule has 0 fully saturated rings. The fourth-order valence-corrected chi connectivity index (χ4v) is 3.25. The second-order valence-corrected chi connectivity index (χ2v) is 5.58. The molecule has 84 valence electrons. The van der Waals surface area contributed by atoms with Gasteiger partial charge in [-0.05, 0) is 29.9 Å². The van der Waals surface area contributed by atoms with Gasteiger partial charge in [0.15, 0.2) is 3.95 Å². The molecule has 0 N–H and O–H groups in total. The van der Waals surface area contributed by atoms with Crippen LogP contribution in [0.25, 0.3) is 10.2 Å². The maximum atomic E-state index is 5.43. The van der Waals surface area contributed by atoms with Gasteiger partial charge in [-0.1, -0.05) is 42.5 Å². The van der Waals surface area contributed by atoms with Crippen LogP contribution in [0.5, 0.6) is 0 Å². The molecular weight excluding hydrogens is 246 g/mol. The zero-order valence-corrected chi connectivity index (χ0v) is 10.8. The lowest BCUT2D eigenvalue weighted by molar-refractivity contribution is 0.833. The van der Waals surface area contributed by atoms with Gasteiger partial charge >= 0.3 is 0 Å². The Balaban J connectivity index is 2.12. The maximum absolute atomic E-state index is 5.43. The van der Waals surface area contributed by atoms with E-state index in [1.54, 1.807) is 11.3 Å². The quantitative estimate of drug-likeness (QED) is 0.613. The Bertz CT molecular complexity index is 695. The molecule has 0 unspecified atom stereocenters. The molecule has 0 aliphatic rings. The predicted molar refractivity (Wildman–Crippen MR) is 76.2 cm³/mol. The molecule has 0 saturated carbocycles. The summed E-state index contributed by atoms with van der Waals surface area (Å²) in [6, 6.07) is 18.8. The number of nitrogens with zero attached hydrogens (tertiary/aromatic N) is 1. The first-order valence-electron chi connectivity index (χ1n) is 5.47. The van der Waals surface area contributed by atoms with Crippen LogP contribution in [0.15, 0.2) is 54.6 Å². The van der Waals surface area contributed by atoms with Crippen LogP contribution < -0.4 is 0 Å². The molecule has 1 aromatic heterocycles. The summed E-state index contributed by atoms with van der Waals surface area (Å²) in [6.07, 6.45) is 0. The molecule has 0 bridgehead atoms. The number of para-hydroxylation sites is 1. The summed E-state index contributed by atoms with van der Waals surface area (Å²) in [4.78, 5) is 0. The normalized spacial score (nSPS) is 10.8. The van der Waals surface area contributed by atoms with Crippen molar-refractivity contribution < 1.29 is 0 Å². The average Bonchev–Trinajstić information content (AvgIpc) is 2.68. The molecular formula is C14H11NS2. The highest BCUT2D eigenvalue weighted by atomic mass is 32.1. The first-order chi connectivity index (χ1) is 8.34. The molecule has 3 aromatic rings. The minimum absolute atomic E-state index is 0.851. The zero-order chi connectivity index (χ0) is 11.7. The summed E-state index contributed by atoms with van der Waals surface area (Å²) in [5.74, 6) is 0. The zero-order valence-electron chi connectivity index (χ0n) is 9.17. The molecule has 0 saturated heterocycles. The predicted octanol–water partition coefficient (Wildman–Crippen LogP) is 4.48. The molecule has 0 spiro atoms. The summed E-state index contributed by atoms with van der Waals surface area (Å²) in [7, 11) is 0. The Labute approximate surface area is 109 Å². The van der Waals surface area contributed by atoms with Gasteiger partial charge in [0.1, 0.15) is 0 Å². The van der Waals surface area contributed by atoms with Gasteiger partial charge in [-0.3, -0.25) is 0 Å². The van der Waals surface area contributed by atoms with Crippen molar-refractivity contribution in [2.75, 3.05) is 0 Å². The van der Waals surface area contributed by atoms with Gasteiger partial charge in [0.25, 0.3) is 0 Å². The molecule has 0 aliphatic carbocycles. The summed E-state index contributed by atoms with van der Waals surface area (Å²) in [5.41, 5.74) is 2.51. The molecule has 3 rings (SSSR count). The van der Waals surface area contributed by atoms with Crippen molar-refractivity contribution in [1.29, 1.82) is 0 Å². The van der Waals surface area contributed by atoms with E-state index in [2.05, 4.69) is 53.1 Å². The molecule has 2 aromatic carbocycles. The van der Waals surface area contributed by atoms with Gasteiger partial charge in [-0.15, -0.1) is 11.3 Å². The van der Waals surface area contributed by atoms with Crippen molar-refractivity contribution in [3.8, 4) is 0 Å². The highest BCUT2D eigenvalue weighted by Crippen LogP contribution is 2.23. The molecule has 3 heteroatoms. The van der Waals surface area contributed by atoms with Crippen molar-refractivity contribution in [1.82, 2.24) is 4.57 Å². The number of aromatic nitrogens is 1. The molecule has 0 aliphatic heterocycles. The average molecular weight is 257 g/mol. The third-order valence-corrected chi connectivity index (χ3v) is 4.19. The number of hydrogen-bond acceptors (Lipinski definition) is 2. The Hall–Kier alpha value is -1.45. The highest BCUT2D eigenvalue weighted by molar-refractivity contribution is 7.73. The van der Waals surface area contributed by atoms with E-state index in [-0.39, 0.29) is 0 Å². The van der Waals surface area contributed by atoms with Gasteiger partial charge in [-0.2, -0.15) is 0 Å². The second kappa shape index (κ2) is 4.43. The van der Waals surface area contributed by atoms with Gasteiger partial charge in [0.2, 0.25) is 0 Å². The summed E-state index contributed by atoms with van der Waals surface area (Å²) < 4.78 is 4.40. The molecule has 0 radical (unpaired) electrons. The molecule has 17 heavy (non-hydrogen) atoms. The number of fused-ring (bicyclic) bond motifs is 1. The van der Waals surface area contributed by atoms with E-state index in [1.807, 2.05) is 6.07 Å². The van der Waals surface area contributed by atoms with Crippen LogP contribution >= 0.6 is 23.6 Å². The van der Waals surface area contributed by atoms with Gasteiger partial charge in [0, 0.05) is 6.54 Å². The van der Waals surface area contributed by atoms with E-state index < -0.39 is 0 Å². The third kappa shape index (κ3) is 2.04. The Kier molecular flexibility index (Phi) is 2.79. The van der Waals surface area contributed by atoms with E-state index in [4.69, 9.17) is 12.2 Å². The molecule has 1 heterocycles. The van der Waals surface area contributed by atoms with Crippen molar-refractivity contribution >= 4 is 33.8 Å². The SMILES string of the molecule is S=c1sc2ccccc2n1Cc1ccccc1. The largest absolute Gasteiger partial charge is 0.318 e. The van der Waals surface area contributed by atoms with Crippen molar-refractivity contribution in [2.45, 2.75) is 6.54 Å². The first-order valence-corrected chi connectivity index (χ1v) is 6.69. The van der Waals surface area contributed by atoms with Crippen LogP contribution in [0.2, 0.25) is 0 Å². The lowest BCUT2D eigenvalue weighted by Gasteiger charge is -2.04. The van der Waals surface area contributed by atoms with Crippen molar-refractivity contribution in [3.05, 3.63) is 64.1 Å². The molecule has 0 atom stereocenters. The second-order valence-electron chi connectivity index (χ2n) is 3.91. The van der Waals surface area contributed by atoms with Crippen molar-refractivity contribution in [2.24, 2.45) is 0 Å². The summed E-state index contributed by atoms with van der Waals surface area (Å²) in [5, 5.41) is 0. The monoisotopic (exact) mass is 257 g/mol. The van der Waals surface area contributed by atoms with Crippen LogP contribution in [0, 0.1) is 3.95 Å². The number of rotatable bonds is 2. The fraction of sp³-hybridized carbons (Fsp3) is 0.0714. The van der Waals surface area contributed by atoms with E-state index in [0.29, 0.717) is 0 Å². The van der Waals surface area contributed by atoms with E-state index >= 15 is 0 Å². The van der Waals surface area contributed by atoms with E-state index in [9.17, 15) is 0 Å². The van der Waals surface area contributed by atoms with Crippen LogP contribution in [0.3, 0.4) is 0 Å². The van der Waals surface area contributed by atoms with Crippen LogP contribution in [0.4, 0.5) is 0 Å². The van der Waals surface area contributed by atoms with E-state index in [1.165, 1.54) is 15.8 Å². The minimum Gasteiger partial charge on any atom is -0.318 e. The summed E-state index contributed by atoms with van der Waals surface area (Å²) >= 11 is 7.11. The topological polar surface area (TPSA) is 4.93 Å². The Morgan fingerprint density at radius 3 is 2.47 bits per heavy atom. The van der Waals surface area contributed by atoms with Crippen molar-refractivity contribution in [3.63, 3.8) is 0 Å². The lowest BCUT2D eigenvalue weighted by atomic mass is 10.2. The van der Waals surface area contributed by atoms with Gasteiger partial charge in [-0.25, -0.2) is 0 Å². The molecule has 0 amide bonds. The Morgan fingerprint density at radius 2 is 1.65 bits per heavy atom. The molecule has 1 nitrogen and oxygen atoms in total. The van der Waals surface area contributed by atoms with Crippen LogP contribution in [0.1, 0.15) is 5.56 Å². The first kappa shape index (κ1) is 10.7. The Morgan fingerprint density at radius 1 is 0.941 bits per heavy atom.